The van der Waals surface area contributed by atoms with Crippen molar-refractivity contribution >= 4 is 11.6 Å². The molecule has 0 saturated carbocycles. The minimum Gasteiger partial charge on any atom is -0.487 e. The van der Waals surface area contributed by atoms with E-state index in [1.807, 2.05) is 19.1 Å². The lowest BCUT2D eigenvalue weighted by atomic mass is 10.2. The van der Waals surface area contributed by atoms with Crippen LogP contribution in [0.4, 0.5) is 5.69 Å². The third-order valence-corrected chi connectivity index (χ3v) is 2.35. The molecule has 1 aromatic heterocycles. The molecule has 98 valence electrons. The fourth-order valence-corrected chi connectivity index (χ4v) is 1.49. The average Bonchev–Trinajstić information content (AvgIpc) is 2.91. The normalized spacial score (nSPS) is 9.95. The first-order valence-electron chi connectivity index (χ1n) is 5.88. The molecule has 1 N–H and O–H groups in total. The number of hydrogen-bond donors (Lipinski definition) is 1. The number of para-hydroxylation sites is 2. The number of anilines is 1. The predicted octanol–water partition coefficient (Wildman–Crippen LogP) is 3.49. The summed E-state index contributed by atoms with van der Waals surface area (Å²) >= 11 is 0. The molecule has 1 heterocycles. The summed E-state index contributed by atoms with van der Waals surface area (Å²) in [5, 5.41) is 2.75. The van der Waals surface area contributed by atoms with Gasteiger partial charge in [-0.3, -0.25) is 4.79 Å². The van der Waals surface area contributed by atoms with Gasteiger partial charge in [0.2, 0.25) is 0 Å². The zero-order chi connectivity index (χ0) is 13.7. The monoisotopic (exact) mass is 257 g/mol. The van der Waals surface area contributed by atoms with Crippen LogP contribution in [-0.4, -0.2) is 12.5 Å². The fraction of sp³-hybridized carbons (Fsp3) is 0.133. The van der Waals surface area contributed by atoms with Crippen molar-refractivity contribution in [1.82, 2.24) is 0 Å². The molecule has 19 heavy (non-hydrogen) atoms. The van der Waals surface area contributed by atoms with Crippen LogP contribution in [0.2, 0.25) is 0 Å². The van der Waals surface area contributed by atoms with Crippen LogP contribution in [0.3, 0.4) is 0 Å². The van der Waals surface area contributed by atoms with Crippen LogP contribution in [0.15, 0.2) is 59.2 Å². The van der Waals surface area contributed by atoms with Crippen LogP contribution in [-0.2, 0) is 0 Å². The molecule has 4 nitrogen and oxygen atoms in total. The van der Waals surface area contributed by atoms with Gasteiger partial charge in [0.15, 0.2) is 5.76 Å². The maximum absolute atomic E-state index is 11.9. The first kappa shape index (κ1) is 13.0. The van der Waals surface area contributed by atoms with Gasteiger partial charge >= 0.3 is 0 Å². The highest BCUT2D eigenvalue weighted by atomic mass is 16.5. The molecule has 2 rings (SSSR count). The highest BCUT2D eigenvalue weighted by molar-refractivity contribution is 6.03. The van der Waals surface area contributed by atoms with E-state index < -0.39 is 0 Å². The molecule has 1 aromatic carbocycles. The Balaban J connectivity index is 2.11. The third kappa shape index (κ3) is 3.48. The molecular weight excluding hydrogens is 242 g/mol. The Morgan fingerprint density at radius 1 is 1.32 bits per heavy atom. The first-order chi connectivity index (χ1) is 9.16. The molecule has 0 spiro atoms. The molecule has 0 aliphatic carbocycles. The van der Waals surface area contributed by atoms with Crippen LogP contribution in [0.5, 0.6) is 5.75 Å². The van der Waals surface area contributed by atoms with E-state index in [1.165, 1.54) is 6.26 Å². The van der Waals surface area contributed by atoms with Gasteiger partial charge in [0, 0.05) is 0 Å². The molecule has 0 atom stereocenters. The van der Waals surface area contributed by atoms with Crippen LogP contribution in [0, 0.1) is 0 Å². The van der Waals surface area contributed by atoms with Gasteiger partial charge in [0.1, 0.15) is 12.4 Å². The second-order valence-electron chi connectivity index (χ2n) is 4.17. The molecule has 0 fully saturated rings. The van der Waals surface area contributed by atoms with Gasteiger partial charge in [0.05, 0.1) is 12.0 Å². The Morgan fingerprint density at radius 3 is 2.79 bits per heavy atom. The lowest BCUT2D eigenvalue weighted by molar-refractivity contribution is 0.0996. The Hall–Kier alpha value is -2.49. The van der Waals surface area contributed by atoms with Crippen LogP contribution in [0.25, 0.3) is 0 Å². The second-order valence-corrected chi connectivity index (χ2v) is 4.17. The highest BCUT2D eigenvalue weighted by Gasteiger charge is 2.11. The lowest BCUT2D eigenvalue weighted by Gasteiger charge is -2.11. The van der Waals surface area contributed by atoms with E-state index in [2.05, 4.69) is 11.9 Å². The SMILES string of the molecule is C=C(C)COc1ccccc1NC(=O)c1ccco1. The van der Waals surface area contributed by atoms with Gasteiger partial charge in [-0.25, -0.2) is 0 Å². The minimum absolute atomic E-state index is 0.259. The van der Waals surface area contributed by atoms with Gasteiger partial charge in [-0.05, 0) is 36.8 Å². The van der Waals surface area contributed by atoms with E-state index in [0.717, 1.165) is 5.57 Å². The quantitative estimate of drug-likeness (QED) is 0.834. The van der Waals surface area contributed by atoms with Gasteiger partial charge in [-0.1, -0.05) is 18.7 Å². The summed E-state index contributed by atoms with van der Waals surface area (Å²) in [6.45, 7) is 6.06. The molecule has 0 radical (unpaired) electrons. The Morgan fingerprint density at radius 2 is 2.11 bits per heavy atom. The highest BCUT2D eigenvalue weighted by Crippen LogP contribution is 2.24. The average molecular weight is 257 g/mol. The smallest absolute Gasteiger partial charge is 0.291 e. The van der Waals surface area contributed by atoms with Gasteiger partial charge in [0.25, 0.3) is 5.91 Å². The van der Waals surface area contributed by atoms with Crippen LogP contribution in [0.1, 0.15) is 17.5 Å². The van der Waals surface area contributed by atoms with Gasteiger partial charge in [-0.2, -0.15) is 0 Å². The molecule has 0 unspecified atom stereocenters. The number of carbonyl (C=O) groups is 1. The molecule has 0 saturated heterocycles. The molecule has 1 amide bonds. The molecule has 4 heteroatoms. The van der Waals surface area contributed by atoms with Crippen molar-refractivity contribution in [1.29, 1.82) is 0 Å². The Bertz CT molecular complexity index is 573. The number of furan rings is 1. The summed E-state index contributed by atoms with van der Waals surface area (Å²) in [5.41, 5.74) is 1.51. The number of hydrogen-bond acceptors (Lipinski definition) is 3. The van der Waals surface area contributed by atoms with Crippen molar-refractivity contribution < 1.29 is 13.9 Å². The van der Waals surface area contributed by atoms with Gasteiger partial charge in [-0.15, -0.1) is 0 Å². The van der Waals surface area contributed by atoms with Gasteiger partial charge < -0.3 is 14.5 Å². The van der Waals surface area contributed by atoms with E-state index in [4.69, 9.17) is 9.15 Å². The van der Waals surface area contributed by atoms with Crippen molar-refractivity contribution in [2.45, 2.75) is 6.92 Å². The third-order valence-electron chi connectivity index (χ3n) is 2.35. The zero-order valence-electron chi connectivity index (χ0n) is 10.7. The summed E-state index contributed by atoms with van der Waals surface area (Å²) in [7, 11) is 0. The van der Waals surface area contributed by atoms with Crippen molar-refractivity contribution in [3.63, 3.8) is 0 Å². The van der Waals surface area contributed by atoms with Crippen molar-refractivity contribution in [3.8, 4) is 5.75 Å². The maximum Gasteiger partial charge on any atom is 0.291 e. The largest absolute Gasteiger partial charge is 0.487 e. The summed E-state index contributed by atoms with van der Waals surface area (Å²) in [6.07, 6.45) is 1.46. The lowest BCUT2D eigenvalue weighted by Crippen LogP contribution is -2.12. The van der Waals surface area contributed by atoms with Crippen LogP contribution >= 0.6 is 0 Å². The van der Waals surface area contributed by atoms with E-state index in [0.29, 0.717) is 18.0 Å². The fourth-order valence-electron chi connectivity index (χ4n) is 1.49. The summed E-state index contributed by atoms with van der Waals surface area (Å²) in [4.78, 5) is 11.9. The molecular formula is C15H15NO3. The Kier molecular flexibility index (Phi) is 4.03. The molecule has 0 aliphatic rings. The van der Waals surface area contributed by atoms with E-state index >= 15 is 0 Å². The number of amides is 1. The zero-order valence-corrected chi connectivity index (χ0v) is 10.7. The summed E-state index contributed by atoms with van der Waals surface area (Å²) in [6, 6.07) is 10.5. The number of nitrogens with one attached hydrogen (secondary N) is 1. The molecule has 2 aromatic rings. The topological polar surface area (TPSA) is 51.5 Å². The summed E-state index contributed by atoms with van der Waals surface area (Å²) < 4.78 is 10.6. The van der Waals surface area contributed by atoms with Crippen molar-refractivity contribution in [2.24, 2.45) is 0 Å². The van der Waals surface area contributed by atoms with E-state index in [1.54, 1.807) is 24.3 Å². The Labute approximate surface area is 111 Å². The number of carbonyl (C=O) groups excluding carboxylic acids is 1. The molecule has 0 bridgehead atoms. The number of benzene rings is 1. The van der Waals surface area contributed by atoms with E-state index in [9.17, 15) is 4.79 Å². The molecule has 0 aliphatic heterocycles. The number of ether oxygens (including phenoxy) is 1. The maximum atomic E-state index is 11.9. The minimum atomic E-state index is -0.309. The second kappa shape index (κ2) is 5.91. The van der Waals surface area contributed by atoms with Crippen molar-refractivity contribution in [3.05, 3.63) is 60.6 Å². The predicted molar refractivity (Wildman–Crippen MR) is 73.4 cm³/mol. The van der Waals surface area contributed by atoms with Crippen molar-refractivity contribution in [2.75, 3.05) is 11.9 Å². The van der Waals surface area contributed by atoms with E-state index in [-0.39, 0.29) is 11.7 Å². The number of rotatable bonds is 5. The summed E-state index contributed by atoms with van der Waals surface area (Å²) in [5.74, 6) is 0.552. The standard InChI is InChI=1S/C15H15NO3/c1-11(2)10-19-13-7-4-3-6-12(13)16-15(17)14-8-5-9-18-14/h3-9H,1,10H2,2H3,(H,16,17). The first-order valence-corrected chi connectivity index (χ1v) is 5.88. The van der Waals surface area contributed by atoms with Crippen LogP contribution < -0.4 is 10.1 Å².